The molecule has 1 saturated heterocycles. The highest BCUT2D eigenvalue weighted by atomic mass is 16.5. The number of ketones is 1. The highest BCUT2D eigenvalue weighted by Gasteiger charge is 2.24. The van der Waals surface area contributed by atoms with Gasteiger partial charge in [0.05, 0.1) is 6.10 Å². The zero-order valence-corrected chi connectivity index (χ0v) is 20.3. The highest BCUT2D eigenvalue weighted by Crippen LogP contribution is 2.32. The van der Waals surface area contributed by atoms with E-state index in [0.29, 0.717) is 11.9 Å². The lowest BCUT2D eigenvalue weighted by Gasteiger charge is -2.19. The van der Waals surface area contributed by atoms with E-state index in [4.69, 9.17) is 4.74 Å². The quantitative estimate of drug-likeness (QED) is 0.438. The van der Waals surface area contributed by atoms with Crippen molar-refractivity contribution < 1.29 is 9.53 Å². The number of carbonyl (C=O) groups excluding carboxylic acids is 1. The molecule has 2 aromatic rings. The SMILES string of the molecule is C1=Cc2ccc3c(c2C1)CCCC3.CC1CCCO1.O=C1CCc2c1ccc1c2CCCC1. The molecule has 7 rings (SSSR count). The van der Waals surface area contributed by atoms with Gasteiger partial charge >= 0.3 is 0 Å². The van der Waals surface area contributed by atoms with Crippen LogP contribution in [0.15, 0.2) is 30.3 Å². The van der Waals surface area contributed by atoms with Crippen molar-refractivity contribution in [2.45, 2.75) is 96.5 Å². The summed E-state index contributed by atoms with van der Waals surface area (Å²) in [6.07, 6.45) is 21.0. The van der Waals surface area contributed by atoms with E-state index in [2.05, 4.69) is 43.3 Å². The molecule has 1 unspecified atom stereocenters. The molecule has 0 saturated carbocycles. The van der Waals surface area contributed by atoms with E-state index in [1.807, 2.05) is 0 Å². The second kappa shape index (κ2) is 10.4. The second-order valence-electron chi connectivity index (χ2n) is 10.3. The zero-order valence-electron chi connectivity index (χ0n) is 20.3. The van der Waals surface area contributed by atoms with E-state index in [1.54, 1.807) is 16.7 Å². The van der Waals surface area contributed by atoms with Crippen molar-refractivity contribution in [3.63, 3.8) is 0 Å². The van der Waals surface area contributed by atoms with Crippen LogP contribution in [0.5, 0.6) is 0 Å². The van der Waals surface area contributed by atoms with Crippen LogP contribution < -0.4 is 0 Å². The van der Waals surface area contributed by atoms with Gasteiger partial charge in [-0.15, -0.1) is 0 Å². The summed E-state index contributed by atoms with van der Waals surface area (Å²) < 4.78 is 5.15. The van der Waals surface area contributed by atoms with Crippen LogP contribution in [0.2, 0.25) is 0 Å². The Morgan fingerprint density at radius 1 is 0.727 bits per heavy atom. The molecule has 174 valence electrons. The fourth-order valence-electron chi connectivity index (χ4n) is 6.19. The van der Waals surface area contributed by atoms with Crippen LogP contribution in [-0.4, -0.2) is 18.5 Å². The molecule has 0 aromatic heterocycles. The summed E-state index contributed by atoms with van der Waals surface area (Å²) in [5.74, 6) is 0.355. The third-order valence-corrected chi connectivity index (χ3v) is 8.02. The van der Waals surface area contributed by atoms with E-state index >= 15 is 0 Å². The molecule has 2 nitrogen and oxygen atoms in total. The van der Waals surface area contributed by atoms with Crippen LogP contribution in [-0.2, 0) is 43.3 Å². The van der Waals surface area contributed by atoms with Gasteiger partial charge in [-0.25, -0.2) is 0 Å². The molecule has 0 amide bonds. The van der Waals surface area contributed by atoms with Gasteiger partial charge in [-0.1, -0.05) is 36.4 Å². The summed E-state index contributed by atoms with van der Waals surface area (Å²) in [4.78, 5) is 11.6. The molecule has 5 aliphatic rings. The Balaban J connectivity index is 0.000000112. The van der Waals surface area contributed by atoms with Gasteiger partial charge in [0.25, 0.3) is 0 Å². The van der Waals surface area contributed by atoms with Crippen molar-refractivity contribution in [1.29, 1.82) is 0 Å². The summed E-state index contributed by atoms with van der Waals surface area (Å²) in [5, 5.41) is 0. The number of rotatable bonds is 0. The Hall–Kier alpha value is -2.19. The Kier molecular flexibility index (Phi) is 7.11. The normalized spacial score (nSPS) is 21.7. The monoisotopic (exact) mass is 442 g/mol. The molecule has 0 N–H and O–H groups in total. The molecule has 1 aliphatic heterocycles. The first-order valence-electron chi connectivity index (χ1n) is 13.3. The summed E-state index contributed by atoms with van der Waals surface area (Å²) in [6.45, 7) is 3.11. The molecule has 33 heavy (non-hydrogen) atoms. The molecular weight excluding hydrogens is 404 g/mol. The number of hydrogen-bond donors (Lipinski definition) is 0. The molecule has 2 aromatic carbocycles. The Morgan fingerprint density at radius 3 is 2.09 bits per heavy atom. The molecule has 1 atom stereocenters. The van der Waals surface area contributed by atoms with E-state index in [0.717, 1.165) is 25.0 Å². The molecule has 1 fully saturated rings. The minimum absolute atomic E-state index is 0.355. The molecule has 4 aliphatic carbocycles. The first-order chi connectivity index (χ1) is 16.2. The van der Waals surface area contributed by atoms with Gasteiger partial charge in [0.15, 0.2) is 5.78 Å². The summed E-state index contributed by atoms with van der Waals surface area (Å²) >= 11 is 0. The maximum Gasteiger partial charge on any atom is 0.163 e. The van der Waals surface area contributed by atoms with Crippen LogP contribution in [0.4, 0.5) is 0 Å². The van der Waals surface area contributed by atoms with Crippen molar-refractivity contribution in [3.8, 4) is 0 Å². The minimum atomic E-state index is 0.355. The summed E-state index contributed by atoms with van der Waals surface area (Å²) in [6, 6.07) is 8.86. The van der Waals surface area contributed by atoms with Crippen molar-refractivity contribution in [1.82, 2.24) is 0 Å². The number of carbonyl (C=O) groups is 1. The largest absolute Gasteiger partial charge is 0.379 e. The third kappa shape index (κ3) is 5.01. The lowest BCUT2D eigenvalue weighted by atomic mass is 9.86. The molecular formula is C31H38O2. The van der Waals surface area contributed by atoms with Gasteiger partial charge in [0, 0.05) is 18.6 Å². The number of aryl methyl sites for hydroxylation is 2. The molecule has 1 heterocycles. The number of Topliss-reactive ketones (excluding diaryl/α,β-unsaturated/α-hetero) is 1. The Labute approximate surface area is 199 Å². The number of ether oxygens (including phenoxy) is 1. The maximum atomic E-state index is 11.6. The lowest BCUT2D eigenvalue weighted by Crippen LogP contribution is -2.06. The van der Waals surface area contributed by atoms with Crippen LogP contribution in [0.25, 0.3) is 6.08 Å². The standard InChI is InChI=1S/C13H14O.C13H14.C5H10O/c14-13-8-7-11-10-4-2-1-3-9(10)5-6-12(11)13;1-2-6-12-10(4-1)8-9-11-5-3-7-13(11)12;1-5-3-2-4-6-5/h5-6H,1-4,7-8H2;3,5,8-9H,1-2,4,6-7H2;5H,2-4H2,1H3. The minimum Gasteiger partial charge on any atom is -0.379 e. The third-order valence-electron chi connectivity index (χ3n) is 8.02. The van der Waals surface area contributed by atoms with Crippen molar-refractivity contribution in [2.24, 2.45) is 0 Å². The number of allylic oxidation sites excluding steroid dienone is 1. The second-order valence-corrected chi connectivity index (χ2v) is 10.3. The van der Waals surface area contributed by atoms with Gasteiger partial charge in [0.1, 0.15) is 0 Å². The van der Waals surface area contributed by atoms with Crippen LogP contribution in [0.3, 0.4) is 0 Å². The van der Waals surface area contributed by atoms with Gasteiger partial charge in [-0.3, -0.25) is 4.79 Å². The van der Waals surface area contributed by atoms with Crippen LogP contribution >= 0.6 is 0 Å². The Bertz CT molecular complexity index is 1040. The van der Waals surface area contributed by atoms with E-state index in [1.165, 1.54) is 92.9 Å². The molecule has 0 spiro atoms. The van der Waals surface area contributed by atoms with Gasteiger partial charge in [-0.05, 0) is 123 Å². The van der Waals surface area contributed by atoms with Gasteiger partial charge < -0.3 is 4.74 Å². The molecule has 2 heteroatoms. The Morgan fingerprint density at radius 2 is 1.42 bits per heavy atom. The summed E-state index contributed by atoms with van der Waals surface area (Å²) in [7, 11) is 0. The first kappa shape index (κ1) is 22.6. The molecule has 0 radical (unpaired) electrons. The predicted molar refractivity (Wildman–Crippen MR) is 136 cm³/mol. The number of hydrogen-bond acceptors (Lipinski definition) is 2. The number of benzene rings is 2. The lowest BCUT2D eigenvalue weighted by molar-refractivity contribution is 0.0994. The molecule has 0 bridgehead atoms. The van der Waals surface area contributed by atoms with Crippen LogP contribution in [0, 0.1) is 0 Å². The average molecular weight is 443 g/mol. The van der Waals surface area contributed by atoms with E-state index in [-0.39, 0.29) is 0 Å². The summed E-state index contributed by atoms with van der Waals surface area (Å²) in [5.41, 5.74) is 11.8. The van der Waals surface area contributed by atoms with E-state index < -0.39 is 0 Å². The smallest absolute Gasteiger partial charge is 0.163 e. The van der Waals surface area contributed by atoms with Gasteiger partial charge in [-0.2, -0.15) is 0 Å². The van der Waals surface area contributed by atoms with Crippen molar-refractivity contribution >= 4 is 11.9 Å². The first-order valence-corrected chi connectivity index (χ1v) is 13.3. The van der Waals surface area contributed by atoms with Crippen molar-refractivity contribution in [2.75, 3.05) is 6.61 Å². The predicted octanol–water partition coefficient (Wildman–Crippen LogP) is 7.01. The fourth-order valence-corrected chi connectivity index (χ4v) is 6.19. The van der Waals surface area contributed by atoms with Crippen molar-refractivity contribution in [3.05, 3.63) is 74.8 Å². The highest BCUT2D eigenvalue weighted by molar-refractivity contribution is 6.00. The van der Waals surface area contributed by atoms with Crippen LogP contribution in [0.1, 0.15) is 101 Å². The average Bonchev–Trinajstić information content (AvgIpc) is 3.61. The van der Waals surface area contributed by atoms with E-state index in [9.17, 15) is 4.79 Å². The maximum absolute atomic E-state index is 11.6. The topological polar surface area (TPSA) is 26.3 Å². The fraction of sp³-hybridized carbons (Fsp3) is 0.516. The van der Waals surface area contributed by atoms with Gasteiger partial charge in [0.2, 0.25) is 0 Å². The number of fused-ring (bicyclic) bond motifs is 6. The zero-order chi connectivity index (χ0) is 22.6.